The van der Waals surface area contributed by atoms with E-state index in [9.17, 15) is 14.4 Å². The predicted octanol–water partition coefficient (Wildman–Crippen LogP) is 0.688. The number of hydrogen-bond donors (Lipinski definition) is 1. The van der Waals surface area contributed by atoms with Gasteiger partial charge in [0.1, 0.15) is 0 Å². The summed E-state index contributed by atoms with van der Waals surface area (Å²) in [5, 5.41) is 0. The van der Waals surface area contributed by atoms with E-state index in [-0.39, 0.29) is 16.7 Å². The van der Waals surface area contributed by atoms with Crippen LogP contribution in [0, 0.1) is 0 Å². The Balaban J connectivity index is 5.25. The Labute approximate surface area is 88.1 Å². The van der Waals surface area contributed by atoms with Crippen LogP contribution in [0.25, 0.3) is 0 Å². The van der Waals surface area contributed by atoms with Crippen LogP contribution in [0.3, 0.4) is 0 Å². The van der Waals surface area contributed by atoms with Crippen molar-refractivity contribution < 1.29 is 14.4 Å². The first-order chi connectivity index (χ1) is 6.77. The average Bonchev–Trinajstić information content (AvgIpc) is 2.11. The quantitative estimate of drug-likeness (QED) is 0.409. The van der Waals surface area contributed by atoms with E-state index in [4.69, 9.17) is 5.73 Å². The molecule has 0 radical (unpaired) electrons. The molecule has 0 aliphatic heterocycles. The number of amides is 1. The normalized spacial score (nSPS) is 10.7. The third-order valence-corrected chi connectivity index (χ3v) is 1.59. The van der Waals surface area contributed by atoms with E-state index >= 15 is 0 Å². The van der Waals surface area contributed by atoms with E-state index < -0.39 is 17.5 Å². The molecule has 0 rings (SSSR count). The second-order valence-electron chi connectivity index (χ2n) is 3.18. The fourth-order valence-electron chi connectivity index (χ4n) is 0.733. The highest BCUT2D eigenvalue weighted by Gasteiger charge is 2.17. The van der Waals surface area contributed by atoms with Crippen LogP contribution in [-0.4, -0.2) is 17.5 Å². The van der Waals surface area contributed by atoms with Crippen LogP contribution in [0.4, 0.5) is 0 Å². The minimum absolute atomic E-state index is 0.148. The van der Waals surface area contributed by atoms with Gasteiger partial charge in [0, 0.05) is 6.08 Å². The minimum Gasteiger partial charge on any atom is -0.365 e. The van der Waals surface area contributed by atoms with Crippen LogP contribution in [0.2, 0.25) is 0 Å². The first-order valence-electron chi connectivity index (χ1n) is 4.19. The molecule has 4 heteroatoms. The number of rotatable bonds is 5. The van der Waals surface area contributed by atoms with E-state index in [1.807, 2.05) is 0 Å². The number of carbonyl (C=O) groups is 3. The maximum atomic E-state index is 11.4. The molecule has 0 aromatic heterocycles. The van der Waals surface area contributed by atoms with Gasteiger partial charge in [-0.3, -0.25) is 14.4 Å². The van der Waals surface area contributed by atoms with Crippen molar-refractivity contribution in [1.82, 2.24) is 0 Å². The van der Waals surface area contributed by atoms with Gasteiger partial charge < -0.3 is 5.73 Å². The van der Waals surface area contributed by atoms with Crippen molar-refractivity contribution in [2.24, 2.45) is 5.73 Å². The van der Waals surface area contributed by atoms with E-state index in [0.29, 0.717) is 0 Å². The predicted molar refractivity (Wildman–Crippen MR) is 56.9 cm³/mol. The fourth-order valence-corrected chi connectivity index (χ4v) is 0.733. The molecule has 0 unspecified atom stereocenters. The van der Waals surface area contributed by atoms with Gasteiger partial charge in [-0.1, -0.05) is 13.2 Å². The number of ketones is 2. The van der Waals surface area contributed by atoms with Crippen LogP contribution >= 0.6 is 0 Å². The monoisotopic (exact) mass is 207 g/mol. The molecule has 0 aliphatic carbocycles. The Morgan fingerprint density at radius 2 is 1.53 bits per heavy atom. The van der Waals surface area contributed by atoms with Gasteiger partial charge in [0.25, 0.3) is 5.91 Å². The summed E-state index contributed by atoms with van der Waals surface area (Å²) in [6.07, 6.45) is 0.891. The summed E-state index contributed by atoms with van der Waals surface area (Å²) < 4.78 is 0. The molecular formula is C11H13NO3. The van der Waals surface area contributed by atoms with Crippen molar-refractivity contribution in [3.63, 3.8) is 0 Å². The summed E-state index contributed by atoms with van der Waals surface area (Å²) in [4.78, 5) is 33.5. The standard InChI is InChI=1S/C11H13NO3/c1-6(2)9(13)5-8(11(12)15)10(14)7(3)4/h5H,1,3H2,2,4H3,(H2,12,15). The molecule has 0 aromatic rings. The first kappa shape index (κ1) is 13.0. The lowest BCUT2D eigenvalue weighted by Gasteiger charge is -2.01. The minimum atomic E-state index is -0.947. The van der Waals surface area contributed by atoms with Gasteiger partial charge in [-0.05, 0) is 25.0 Å². The van der Waals surface area contributed by atoms with Crippen LogP contribution in [-0.2, 0) is 14.4 Å². The maximum absolute atomic E-state index is 11.4. The summed E-state index contributed by atoms with van der Waals surface area (Å²) >= 11 is 0. The Morgan fingerprint density at radius 3 is 1.80 bits per heavy atom. The van der Waals surface area contributed by atoms with Gasteiger partial charge in [0.05, 0.1) is 5.57 Å². The number of hydrogen-bond acceptors (Lipinski definition) is 3. The lowest BCUT2D eigenvalue weighted by Crippen LogP contribution is -2.22. The molecule has 0 aliphatic rings. The van der Waals surface area contributed by atoms with E-state index in [2.05, 4.69) is 13.2 Å². The molecule has 0 heterocycles. The lowest BCUT2D eigenvalue weighted by molar-refractivity contribution is -0.120. The second kappa shape index (κ2) is 5.05. The Bertz CT molecular complexity index is 389. The highest BCUT2D eigenvalue weighted by atomic mass is 16.2. The zero-order valence-corrected chi connectivity index (χ0v) is 8.79. The molecule has 0 saturated heterocycles. The molecule has 0 saturated carbocycles. The fraction of sp³-hybridized carbons (Fsp3) is 0.182. The van der Waals surface area contributed by atoms with Crippen LogP contribution in [0.1, 0.15) is 13.8 Å². The summed E-state index contributed by atoms with van der Waals surface area (Å²) in [6.45, 7) is 9.68. The number of nitrogens with two attached hydrogens (primary N) is 1. The van der Waals surface area contributed by atoms with Gasteiger partial charge in [0.2, 0.25) is 0 Å². The largest absolute Gasteiger partial charge is 0.365 e. The van der Waals surface area contributed by atoms with Crippen LogP contribution < -0.4 is 5.73 Å². The second-order valence-corrected chi connectivity index (χ2v) is 3.18. The van der Waals surface area contributed by atoms with Crippen LogP contribution in [0.5, 0.6) is 0 Å². The van der Waals surface area contributed by atoms with Gasteiger partial charge in [-0.15, -0.1) is 0 Å². The molecule has 4 nitrogen and oxygen atoms in total. The molecule has 1 amide bonds. The van der Waals surface area contributed by atoms with E-state index in [0.717, 1.165) is 6.08 Å². The molecule has 0 fully saturated rings. The summed E-state index contributed by atoms with van der Waals surface area (Å²) in [6, 6.07) is 0. The third-order valence-electron chi connectivity index (χ3n) is 1.59. The first-order valence-corrected chi connectivity index (χ1v) is 4.19. The number of Topliss-reactive ketones (excluding diaryl/α,β-unsaturated/α-hetero) is 1. The van der Waals surface area contributed by atoms with Crippen molar-refractivity contribution in [3.8, 4) is 0 Å². The number of allylic oxidation sites excluding steroid dienone is 3. The number of carbonyl (C=O) groups excluding carboxylic acids is 3. The zero-order chi connectivity index (χ0) is 12.2. The molecular weight excluding hydrogens is 194 g/mol. The SMILES string of the molecule is C=C(C)C(=O)C=C(C(N)=O)C(=O)C(=C)C. The topological polar surface area (TPSA) is 77.2 Å². The van der Waals surface area contributed by atoms with Crippen molar-refractivity contribution >= 4 is 17.5 Å². The third kappa shape index (κ3) is 3.72. The maximum Gasteiger partial charge on any atom is 0.252 e. The highest BCUT2D eigenvalue weighted by Crippen LogP contribution is 2.05. The Morgan fingerprint density at radius 1 is 1.07 bits per heavy atom. The molecule has 80 valence electrons. The summed E-state index contributed by atoms with van der Waals surface area (Å²) in [5.41, 5.74) is 4.98. The van der Waals surface area contributed by atoms with E-state index in [1.54, 1.807) is 0 Å². The van der Waals surface area contributed by atoms with Crippen molar-refractivity contribution in [2.45, 2.75) is 13.8 Å². The van der Waals surface area contributed by atoms with Crippen LogP contribution in [0.15, 0.2) is 36.0 Å². The summed E-state index contributed by atoms with van der Waals surface area (Å²) in [7, 11) is 0. The lowest BCUT2D eigenvalue weighted by atomic mass is 10.0. The van der Waals surface area contributed by atoms with Crippen molar-refractivity contribution in [3.05, 3.63) is 36.0 Å². The summed E-state index contributed by atoms with van der Waals surface area (Å²) in [5.74, 6) is -2.08. The van der Waals surface area contributed by atoms with Crippen molar-refractivity contribution in [2.75, 3.05) is 0 Å². The van der Waals surface area contributed by atoms with Gasteiger partial charge in [-0.25, -0.2) is 0 Å². The van der Waals surface area contributed by atoms with Gasteiger partial charge in [0.15, 0.2) is 11.6 Å². The molecule has 2 N–H and O–H groups in total. The highest BCUT2D eigenvalue weighted by molar-refractivity contribution is 6.27. The van der Waals surface area contributed by atoms with Gasteiger partial charge >= 0.3 is 0 Å². The molecule has 15 heavy (non-hydrogen) atoms. The average molecular weight is 207 g/mol. The Hall–Kier alpha value is -1.97. The molecule has 0 atom stereocenters. The molecule has 0 spiro atoms. The molecule has 0 bridgehead atoms. The molecule has 0 aromatic carbocycles. The van der Waals surface area contributed by atoms with Gasteiger partial charge in [-0.2, -0.15) is 0 Å². The zero-order valence-electron chi connectivity index (χ0n) is 8.79. The number of primary amides is 1. The van der Waals surface area contributed by atoms with E-state index in [1.165, 1.54) is 13.8 Å². The van der Waals surface area contributed by atoms with Crippen molar-refractivity contribution in [1.29, 1.82) is 0 Å². The smallest absolute Gasteiger partial charge is 0.252 e. The Kier molecular flexibility index (Phi) is 4.38.